The first-order valence-electron chi connectivity index (χ1n) is 6.92. The highest BCUT2D eigenvalue weighted by Gasteiger charge is 2.19. The summed E-state index contributed by atoms with van der Waals surface area (Å²) in [4.78, 5) is 17.7. The average molecular weight is 333 g/mol. The molecule has 3 aromatic heterocycles. The minimum Gasteiger partial charge on any atom is -0.300 e. The van der Waals surface area contributed by atoms with E-state index in [4.69, 9.17) is 0 Å². The third-order valence-electron chi connectivity index (χ3n) is 2.95. The summed E-state index contributed by atoms with van der Waals surface area (Å²) < 4.78 is 1.91. The van der Waals surface area contributed by atoms with Crippen LogP contribution in [0.1, 0.15) is 33.7 Å². The van der Waals surface area contributed by atoms with Crippen molar-refractivity contribution >= 4 is 33.7 Å². The first-order valence-corrected chi connectivity index (χ1v) is 8.55. The van der Waals surface area contributed by atoms with E-state index < -0.39 is 0 Å². The maximum atomic E-state index is 12.5. The topological polar surface area (TPSA) is 72.7 Å². The monoisotopic (exact) mass is 333 g/mol. The molecule has 3 aromatic rings. The van der Waals surface area contributed by atoms with E-state index in [1.165, 1.54) is 22.7 Å². The number of aryl methyl sites for hydroxylation is 2. The van der Waals surface area contributed by atoms with E-state index >= 15 is 0 Å². The van der Waals surface area contributed by atoms with Crippen LogP contribution < -0.4 is 5.32 Å². The van der Waals surface area contributed by atoms with E-state index in [0.717, 1.165) is 28.7 Å². The summed E-state index contributed by atoms with van der Waals surface area (Å²) in [6.45, 7) is 3.93. The third kappa shape index (κ3) is 3.07. The van der Waals surface area contributed by atoms with Crippen LogP contribution in [0.3, 0.4) is 0 Å². The number of thiazole rings is 1. The van der Waals surface area contributed by atoms with Crippen molar-refractivity contribution in [3.05, 3.63) is 40.1 Å². The van der Waals surface area contributed by atoms with E-state index in [2.05, 4.69) is 27.4 Å². The summed E-state index contributed by atoms with van der Waals surface area (Å²) >= 11 is 2.75. The van der Waals surface area contributed by atoms with Gasteiger partial charge >= 0.3 is 0 Å². The van der Waals surface area contributed by atoms with Crippen molar-refractivity contribution < 1.29 is 4.79 Å². The molecule has 6 nitrogen and oxygen atoms in total. The molecule has 1 amide bonds. The molecule has 0 radical (unpaired) electrons. The van der Waals surface area contributed by atoms with Gasteiger partial charge in [-0.15, -0.1) is 10.2 Å². The molecule has 0 saturated carbocycles. The second-order valence-electron chi connectivity index (χ2n) is 4.69. The predicted octanol–water partition coefficient (Wildman–Crippen LogP) is 3.30. The van der Waals surface area contributed by atoms with Crippen molar-refractivity contribution in [2.75, 3.05) is 5.32 Å². The fraction of sp³-hybridized carbons (Fsp3) is 0.286. The van der Waals surface area contributed by atoms with Gasteiger partial charge in [-0.2, -0.15) is 0 Å². The van der Waals surface area contributed by atoms with Gasteiger partial charge in [-0.1, -0.05) is 36.0 Å². The van der Waals surface area contributed by atoms with Gasteiger partial charge in [0.05, 0.1) is 5.69 Å². The number of nitrogens with zero attached hydrogens (tertiary/aromatic N) is 4. The minimum atomic E-state index is -0.171. The van der Waals surface area contributed by atoms with Crippen LogP contribution in [0.15, 0.2) is 24.5 Å². The van der Waals surface area contributed by atoms with E-state index in [1.807, 2.05) is 36.0 Å². The van der Waals surface area contributed by atoms with E-state index in [0.29, 0.717) is 10.0 Å². The largest absolute Gasteiger partial charge is 0.300 e. The molecule has 3 rings (SSSR count). The Bertz CT molecular complexity index is 775. The number of carbonyl (C=O) groups excluding carboxylic acids is 1. The lowest BCUT2D eigenvalue weighted by Crippen LogP contribution is -2.12. The Balaban J connectivity index is 1.89. The van der Waals surface area contributed by atoms with Crippen molar-refractivity contribution in [3.8, 4) is 5.13 Å². The van der Waals surface area contributed by atoms with Gasteiger partial charge in [-0.25, -0.2) is 4.98 Å². The maximum absolute atomic E-state index is 12.5. The van der Waals surface area contributed by atoms with Gasteiger partial charge in [0.15, 0.2) is 5.13 Å². The molecule has 0 aromatic carbocycles. The second kappa shape index (κ2) is 6.37. The molecule has 0 unspecified atom stereocenters. The van der Waals surface area contributed by atoms with Gasteiger partial charge in [0.1, 0.15) is 9.88 Å². The number of hydrogen-bond acceptors (Lipinski definition) is 6. The normalized spacial score (nSPS) is 10.8. The number of carbonyl (C=O) groups is 1. The van der Waals surface area contributed by atoms with Gasteiger partial charge in [-0.3, -0.25) is 10.1 Å². The van der Waals surface area contributed by atoms with Crippen LogP contribution in [-0.4, -0.2) is 25.7 Å². The number of nitrogens with one attached hydrogen (secondary N) is 1. The maximum Gasteiger partial charge on any atom is 0.269 e. The second-order valence-corrected chi connectivity index (χ2v) is 6.85. The predicted molar refractivity (Wildman–Crippen MR) is 88.0 cm³/mol. The lowest BCUT2D eigenvalue weighted by atomic mass is 10.2. The number of hydrogen-bond donors (Lipinski definition) is 1. The molecule has 0 fully saturated rings. The zero-order valence-electron chi connectivity index (χ0n) is 12.2. The standard InChI is InChI=1S/C14H15N5OS2/c1-3-6-10-11(12(20)16-13-18-17-9(2)21-13)22-14(15-10)19-7-4-5-8-19/h4-5,7-8H,3,6H2,1-2H3,(H,16,18,20). The Morgan fingerprint density at radius 3 is 2.68 bits per heavy atom. The summed E-state index contributed by atoms with van der Waals surface area (Å²) in [5.74, 6) is -0.171. The Hall–Kier alpha value is -2.06. The van der Waals surface area contributed by atoms with Gasteiger partial charge in [0.2, 0.25) is 5.13 Å². The van der Waals surface area contributed by atoms with Crippen molar-refractivity contribution in [1.82, 2.24) is 19.7 Å². The molecule has 22 heavy (non-hydrogen) atoms. The van der Waals surface area contributed by atoms with Gasteiger partial charge < -0.3 is 4.57 Å². The molecule has 0 aliphatic rings. The SMILES string of the molecule is CCCc1nc(-n2cccc2)sc1C(=O)Nc1nnc(C)s1. The molecule has 0 atom stereocenters. The van der Waals surface area contributed by atoms with Crippen molar-refractivity contribution in [1.29, 1.82) is 0 Å². The van der Waals surface area contributed by atoms with Crippen LogP contribution in [0.25, 0.3) is 5.13 Å². The summed E-state index contributed by atoms with van der Waals surface area (Å²) in [5.41, 5.74) is 0.829. The number of anilines is 1. The van der Waals surface area contributed by atoms with E-state index in [9.17, 15) is 4.79 Å². The number of rotatable bonds is 5. The molecular formula is C14H15N5OS2. The zero-order valence-corrected chi connectivity index (χ0v) is 13.9. The van der Waals surface area contributed by atoms with Gasteiger partial charge in [0.25, 0.3) is 5.91 Å². The molecule has 3 heterocycles. The summed E-state index contributed by atoms with van der Waals surface area (Å²) in [6.07, 6.45) is 5.55. The molecule has 0 bridgehead atoms. The highest BCUT2D eigenvalue weighted by atomic mass is 32.1. The summed E-state index contributed by atoms with van der Waals surface area (Å²) in [7, 11) is 0. The Labute approximate surface area is 135 Å². The fourth-order valence-corrected chi connectivity index (χ4v) is 3.56. The minimum absolute atomic E-state index is 0.171. The Morgan fingerprint density at radius 1 is 1.27 bits per heavy atom. The van der Waals surface area contributed by atoms with Crippen LogP contribution >= 0.6 is 22.7 Å². The molecular weight excluding hydrogens is 318 g/mol. The third-order valence-corrected chi connectivity index (χ3v) is 4.81. The Morgan fingerprint density at radius 2 is 2.05 bits per heavy atom. The van der Waals surface area contributed by atoms with Crippen molar-refractivity contribution in [2.45, 2.75) is 26.7 Å². The smallest absolute Gasteiger partial charge is 0.269 e. The molecule has 0 aliphatic heterocycles. The van der Waals surface area contributed by atoms with E-state index in [-0.39, 0.29) is 5.91 Å². The number of amides is 1. The lowest BCUT2D eigenvalue weighted by molar-refractivity contribution is 0.102. The Kier molecular flexibility index (Phi) is 4.30. The van der Waals surface area contributed by atoms with Crippen LogP contribution in [0, 0.1) is 6.92 Å². The summed E-state index contributed by atoms with van der Waals surface area (Å²) in [6, 6.07) is 3.87. The quantitative estimate of drug-likeness (QED) is 0.777. The fourth-order valence-electron chi connectivity index (χ4n) is 2.00. The molecule has 1 N–H and O–H groups in total. The molecule has 0 aliphatic carbocycles. The number of aromatic nitrogens is 4. The van der Waals surface area contributed by atoms with Crippen LogP contribution in [0.4, 0.5) is 5.13 Å². The molecule has 8 heteroatoms. The van der Waals surface area contributed by atoms with E-state index in [1.54, 1.807) is 0 Å². The van der Waals surface area contributed by atoms with Crippen LogP contribution in [0.2, 0.25) is 0 Å². The highest BCUT2D eigenvalue weighted by Crippen LogP contribution is 2.25. The first-order chi connectivity index (χ1) is 10.7. The van der Waals surface area contributed by atoms with Crippen LogP contribution in [0.5, 0.6) is 0 Å². The molecule has 114 valence electrons. The van der Waals surface area contributed by atoms with Crippen molar-refractivity contribution in [3.63, 3.8) is 0 Å². The molecule has 0 spiro atoms. The van der Waals surface area contributed by atoms with Crippen molar-refractivity contribution in [2.24, 2.45) is 0 Å². The highest BCUT2D eigenvalue weighted by molar-refractivity contribution is 7.17. The van der Waals surface area contributed by atoms with Gasteiger partial charge in [0, 0.05) is 12.4 Å². The first kappa shape index (κ1) is 14.9. The zero-order chi connectivity index (χ0) is 15.5. The van der Waals surface area contributed by atoms with Gasteiger partial charge in [-0.05, 0) is 25.5 Å². The molecule has 0 saturated heterocycles. The average Bonchev–Trinajstić information content (AvgIpc) is 3.19. The van der Waals surface area contributed by atoms with Crippen LogP contribution in [-0.2, 0) is 6.42 Å². The summed E-state index contributed by atoms with van der Waals surface area (Å²) in [5, 5.41) is 12.8. The lowest BCUT2D eigenvalue weighted by Gasteiger charge is -2.00.